The molecule has 1 radical (unpaired) electrons. The first kappa shape index (κ1) is 7.66. The molecule has 0 unspecified atom stereocenters. The number of ether oxygens (including phenoxy) is 1. The van der Waals surface area contributed by atoms with Crippen LogP contribution in [-0.4, -0.2) is 5.60 Å². The first-order chi connectivity index (χ1) is 5.67. The number of hydrogen-bond donors (Lipinski definition) is 0. The van der Waals surface area contributed by atoms with Gasteiger partial charge in [-0.25, -0.2) is 0 Å². The van der Waals surface area contributed by atoms with Crippen LogP contribution in [-0.2, 0) is 6.42 Å². The van der Waals surface area contributed by atoms with Gasteiger partial charge in [-0.3, -0.25) is 0 Å². The van der Waals surface area contributed by atoms with Crippen LogP contribution in [0, 0.1) is 6.07 Å². The quantitative estimate of drug-likeness (QED) is 0.568. The highest BCUT2D eigenvalue weighted by Gasteiger charge is 2.25. The Morgan fingerprint density at radius 1 is 1.50 bits per heavy atom. The minimum atomic E-state index is -0.00907. The van der Waals surface area contributed by atoms with Crippen molar-refractivity contribution in [2.45, 2.75) is 32.3 Å². The molecule has 1 heterocycles. The van der Waals surface area contributed by atoms with Crippen molar-refractivity contribution in [3.05, 3.63) is 29.8 Å². The Kier molecular flexibility index (Phi) is 1.60. The molecule has 12 heavy (non-hydrogen) atoms. The van der Waals surface area contributed by atoms with Gasteiger partial charge >= 0.3 is 0 Å². The largest absolute Gasteiger partial charge is 0.487 e. The van der Waals surface area contributed by atoms with Gasteiger partial charge < -0.3 is 4.74 Å². The molecule has 0 spiro atoms. The predicted molar refractivity (Wildman–Crippen MR) is 48.3 cm³/mol. The van der Waals surface area contributed by atoms with Crippen molar-refractivity contribution >= 4 is 0 Å². The van der Waals surface area contributed by atoms with Crippen LogP contribution >= 0.6 is 0 Å². The molecule has 1 aromatic rings. The Hall–Kier alpha value is -0.980. The average Bonchev–Trinajstić information content (AvgIpc) is 2.02. The van der Waals surface area contributed by atoms with E-state index in [1.807, 2.05) is 12.1 Å². The Morgan fingerprint density at radius 3 is 3.17 bits per heavy atom. The van der Waals surface area contributed by atoms with E-state index < -0.39 is 0 Å². The standard InChI is InChI=1S/C11H13O/c1-11(2)8-7-9-5-3-4-6-10(9)12-11/h3-5H,7-8H2,1-2H3. The van der Waals surface area contributed by atoms with Crippen molar-refractivity contribution in [3.8, 4) is 5.75 Å². The number of rotatable bonds is 0. The third-order valence-electron chi connectivity index (χ3n) is 2.27. The number of para-hydroxylation sites is 1. The molecule has 63 valence electrons. The van der Waals surface area contributed by atoms with Crippen LogP contribution in [0.15, 0.2) is 18.2 Å². The van der Waals surface area contributed by atoms with E-state index in [1.165, 1.54) is 5.56 Å². The second kappa shape index (κ2) is 2.51. The van der Waals surface area contributed by atoms with Crippen LogP contribution in [0.1, 0.15) is 25.8 Å². The SMILES string of the molecule is CC1(C)CCc2ccc[c]c2O1. The Balaban J connectivity index is 2.35. The lowest BCUT2D eigenvalue weighted by Crippen LogP contribution is -2.32. The molecule has 0 atom stereocenters. The molecular formula is C11H13O. The summed E-state index contributed by atoms with van der Waals surface area (Å²) >= 11 is 0. The van der Waals surface area contributed by atoms with Gasteiger partial charge in [-0.15, -0.1) is 0 Å². The lowest BCUT2D eigenvalue weighted by molar-refractivity contribution is 0.0843. The summed E-state index contributed by atoms with van der Waals surface area (Å²) in [4.78, 5) is 0. The van der Waals surface area contributed by atoms with Crippen LogP contribution in [0.2, 0.25) is 0 Å². The fraction of sp³-hybridized carbons (Fsp3) is 0.455. The van der Waals surface area contributed by atoms with E-state index in [4.69, 9.17) is 4.74 Å². The maximum atomic E-state index is 5.76. The summed E-state index contributed by atoms with van der Waals surface area (Å²) < 4.78 is 5.76. The summed E-state index contributed by atoms with van der Waals surface area (Å²) in [5.74, 6) is 0.939. The molecule has 0 fully saturated rings. The first-order valence-corrected chi connectivity index (χ1v) is 4.36. The van der Waals surface area contributed by atoms with Crippen molar-refractivity contribution < 1.29 is 4.74 Å². The van der Waals surface area contributed by atoms with Gasteiger partial charge in [0.2, 0.25) is 0 Å². The minimum Gasteiger partial charge on any atom is -0.487 e. The highest BCUT2D eigenvalue weighted by atomic mass is 16.5. The molecule has 2 rings (SSSR count). The average molecular weight is 161 g/mol. The van der Waals surface area contributed by atoms with Crippen molar-refractivity contribution in [1.82, 2.24) is 0 Å². The predicted octanol–water partition coefficient (Wildman–Crippen LogP) is 2.59. The van der Waals surface area contributed by atoms with Gasteiger partial charge in [-0.2, -0.15) is 0 Å². The molecule has 0 bridgehead atoms. The van der Waals surface area contributed by atoms with E-state index in [0.29, 0.717) is 0 Å². The smallest absolute Gasteiger partial charge is 0.131 e. The third kappa shape index (κ3) is 1.31. The summed E-state index contributed by atoms with van der Waals surface area (Å²) in [7, 11) is 0. The van der Waals surface area contributed by atoms with E-state index in [-0.39, 0.29) is 5.60 Å². The fourth-order valence-corrected chi connectivity index (χ4v) is 1.51. The molecule has 0 amide bonds. The van der Waals surface area contributed by atoms with E-state index in [2.05, 4.69) is 26.0 Å². The lowest BCUT2D eigenvalue weighted by Gasteiger charge is -2.32. The molecule has 0 N–H and O–H groups in total. The number of benzene rings is 1. The zero-order chi connectivity index (χ0) is 8.60. The second-order valence-electron chi connectivity index (χ2n) is 3.89. The zero-order valence-electron chi connectivity index (χ0n) is 7.55. The van der Waals surface area contributed by atoms with E-state index in [1.54, 1.807) is 0 Å². The molecular weight excluding hydrogens is 148 g/mol. The molecule has 1 heteroatoms. The summed E-state index contributed by atoms with van der Waals surface area (Å²) in [5, 5.41) is 0. The maximum absolute atomic E-state index is 5.76. The lowest BCUT2D eigenvalue weighted by atomic mass is 9.94. The Morgan fingerprint density at radius 2 is 2.33 bits per heavy atom. The van der Waals surface area contributed by atoms with Gasteiger partial charge in [-0.05, 0) is 32.3 Å². The summed E-state index contributed by atoms with van der Waals surface area (Å²) in [6.45, 7) is 4.24. The topological polar surface area (TPSA) is 9.23 Å². The van der Waals surface area contributed by atoms with Gasteiger partial charge in [0.1, 0.15) is 11.4 Å². The van der Waals surface area contributed by atoms with Crippen LogP contribution < -0.4 is 4.74 Å². The monoisotopic (exact) mass is 161 g/mol. The molecule has 1 aliphatic heterocycles. The van der Waals surface area contributed by atoms with Crippen molar-refractivity contribution in [2.75, 3.05) is 0 Å². The molecule has 0 aliphatic carbocycles. The zero-order valence-corrected chi connectivity index (χ0v) is 7.55. The van der Waals surface area contributed by atoms with Crippen molar-refractivity contribution in [1.29, 1.82) is 0 Å². The molecule has 0 aromatic heterocycles. The van der Waals surface area contributed by atoms with Gasteiger partial charge in [0.25, 0.3) is 0 Å². The van der Waals surface area contributed by atoms with Gasteiger partial charge in [-0.1, -0.05) is 18.2 Å². The second-order valence-corrected chi connectivity index (χ2v) is 3.89. The number of hydrogen-bond acceptors (Lipinski definition) is 1. The van der Waals surface area contributed by atoms with Crippen LogP contribution in [0.4, 0.5) is 0 Å². The van der Waals surface area contributed by atoms with Gasteiger partial charge in [0.15, 0.2) is 0 Å². The number of fused-ring (bicyclic) bond motifs is 1. The van der Waals surface area contributed by atoms with Crippen LogP contribution in [0.3, 0.4) is 0 Å². The first-order valence-electron chi connectivity index (χ1n) is 4.36. The highest BCUT2D eigenvalue weighted by molar-refractivity contribution is 5.34. The van der Waals surface area contributed by atoms with E-state index >= 15 is 0 Å². The minimum absolute atomic E-state index is 0.00907. The molecule has 1 aromatic carbocycles. The van der Waals surface area contributed by atoms with Gasteiger partial charge in [0, 0.05) is 6.07 Å². The van der Waals surface area contributed by atoms with Crippen LogP contribution in [0.25, 0.3) is 0 Å². The van der Waals surface area contributed by atoms with E-state index in [9.17, 15) is 0 Å². The van der Waals surface area contributed by atoms with Crippen molar-refractivity contribution in [2.24, 2.45) is 0 Å². The molecule has 0 saturated heterocycles. The number of aryl methyl sites for hydroxylation is 1. The maximum Gasteiger partial charge on any atom is 0.131 e. The fourth-order valence-electron chi connectivity index (χ4n) is 1.51. The molecule has 1 nitrogen and oxygen atoms in total. The molecule has 0 saturated carbocycles. The normalized spacial score (nSPS) is 19.5. The summed E-state index contributed by atoms with van der Waals surface area (Å²) in [6, 6.07) is 9.15. The molecule has 1 aliphatic rings. The highest BCUT2D eigenvalue weighted by Crippen LogP contribution is 2.31. The summed E-state index contributed by atoms with van der Waals surface area (Å²) in [5.41, 5.74) is 1.28. The summed E-state index contributed by atoms with van der Waals surface area (Å²) in [6.07, 6.45) is 2.21. The van der Waals surface area contributed by atoms with Crippen molar-refractivity contribution in [3.63, 3.8) is 0 Å². The van der Waals surface area contributed by atoms with Crippen LogP contribution in [0.5, 0.6) is 5.75 Å². The van der Waals surface area contributed by atoms with E-state index in [0.717, 1.165) is 18.6 Å². The Bertz CT molecular complexity index is 289. The van der Waals surface area contributed by atoms with Gasteiger partial charge in [0.05, 0.1) is 0 Å². The third-order valence-corrected chi connectivity index (χ3v) is 2.27. The Labute approximate surface area is 73.4 Å².